The molecule has 2 saturated heterocycles. The summed E-state index contributed by atoms with van der Waals surface area (Å²) in [5.74, 6) is 0.593. The fourth-order valence-corrected chi connectivity index (χ4v) is 3.04. The Bertz CT molecular complexity index is 335. The fraction of sp³-hybridized carbons (Fsp3) is 0.938. The van der Waals surface area contributed by atoms with Gasteiger partial charge < -0.3 is 19.7 Å². The Morgan fingerprint density at radius 1 is 1.38 bits per heavy atom. The van der Waals surface area contributed by atoms with Crippen molar-refractivity contribution in [1.29, 1.82) is 0 Å². The monoisotopic (exact) mass is 298 g/mol. The lowest BCUT2D eigenvalue weighted by molar-refractivity contribution is 0.0153. The summed E-state index contributed by atoms with van der Waals surface area (Å²) in [6.07, 6.45) is 4.42. The Labute approximate surface area is 128 Å². The third kappa shape index (κ3) is 5.83. The molecule has 0 saturated carbocycles. The predicted molar refractivity (Wildman–Crippen MR) is 82.4 cm³/mol. The van der Waals surface area contributed by atoms with Crippen molar-refractivity contribution in [3.63, 3.8) is 0 Å². The van der Waals surface area contributed by atoms with Gasteiger partial charge in [0.25, 0.3) is 0 Å². The molecule has 0 aromatic carbocycles. The van der Waals surface area contributed by atoms with Crippen molar-refractivity contribution in [2.75, 3.05) is 32.8 Å². The number of likely N-dealkylation sites (tertiary alicyclic amines) is 1. The van der Waals surface area contributed by atoms with Crippen LogP contribution < -0.4 is 5.32 Å². The number of carbonyl (C=O) groups excluding carboxylic acids is 1. The second kappa shape index (κ2) is 7.45. The van der Waals surface area contributed by atoms with E-state index in [0.717, 1.165) is 52.1 Å². The summed E-state index contributed by atoms with van der Waals surface area (Å²) < 4.78 is 11.0. The van der Waals surface area contributed by atoms with Gasteiger partial charge in [-0.15, -0.1) is 0 Å². The van der Waals surface area contributed by atoms with Crippen molar-refractivity contribution in [3.8, 4) is 0 Å². The minimum atomic E-state index is -0.409. The normalized spacial score (nSPS) is 27.5. The fourth-order valence-electron chi connectivity index (χ4n) is 3.04. The van der Waals surface area contributed by atoms with Crippen molar-refractivity contribution in [2.24, 2.45) is 5.92 Å². The van der Waals surface area contributed by atoms with Crippen LogP contribution in [0.1, 0.15) is 46.5 Å². The molecule has 0 aromatic rings. The van der Waals surface area contributed by atoms with Gasteiger partial charge in [-0.05, 0) is 52.4 Å². The van der Waals surface area contributed by atoms with Crippen molar-refractivity contribution < 1.29 is 14.3 Å². The number of nitrogens with zero attached hydrogens (tertiary/aromatic N) is 1. The standard InChI is InChI=1S/C16H30N2O3/c1-16(2,3)21-15(19)18-9-4-5-13(11-18)6-7-14-12-20-10-8-17-14/h13-14,17H,4-12H2,1-3H3. The lowest BCUT2D eigenvalue weighted by atomic mass is 9.92. The molecule has 0 spiro atoms. The Kier molecular flexibility index (Phi) is 5.88. The van der Waals surface area contributed by atoms with Crippen molar-refractivity contribution in [3.05, 3.63) is 0 Å². The average molecular weight is 298 g/mol. The largest absolute Gasteiger partial charge is 0.444 e. The topological polar surface area (TPSA) is 50.8 Å². The number of ether oxygens (including phenoxy) is 2. The highest BCUT2D eigenvalue weighted by molar-refractivity contribution is 5.68. The SMILES string of the molecule is CC(C)(C)OC(=O)N1CCCC(CCC2COCCN2)C1. The van der Waals surface area contributed by atoms with Crippen molar-refractivity contribution in [1.82, 2.24) is 10.2 Å². The smallest absolute Gasteiger partial charge is 0.410 e. The molecule has 2 aliphatic rings. The van der Waals surface area contributed by atoms with Gasteiger partial charge in [0.2, 0.25) is 0 Å². The zero-order valence-corrected chi connectivity index (χ0v) is 13.7. The second-order valence-corrected chi connectivity index (χ2v) is 7.24. The maximum atomic E-state index is 12.1. The van der Waals surface area contributed by atoms with Gasteiger partial charge in [0, 0.05) is 25.7 Å². The van der Waals surface area contributed by atoms with E-state index in [4.69, 9.17) is 9.47 Å². The van der Waals surface area contributed by atoms with E-state index in [2.05, 4.69) is 5.32 Å². The molecule has 21 heavy (non-hydrogen) atoms. The van der Waals surface area contributed by atoms with E-state index < -0.39 is 5.60 Å². The van der Waals surface area contributed by atoms with Crippen LogP contribution in [0.4, 0.5) is 4.79 Å². The maximum absolute atomic E-state index is 12.1. The summed E-state index contributed by atoms with van der Waals surface area (Å²) in [4.78, 5) is 14.0. The molecule has 2 aliphatic heterocycles. The van der Waals surface area contributed by atoms with E-state index >= 15 is 0 Å². The first-order valence-corrected chi connectivity index (χ1v) is 8.23. The second-order valence-electron chi connectivity index (χ2n) is 7.24. The Hall–Kier alpha value is -0.810. The molecule has 1 amide bonds. The van der Waals surface area contributed by atoms with Gasteiger partial charge in [0.05, 0.1) is 13.2 Å². The molecule has 0 aromatic heterocycles. The van der Waals surface area contributed by atoms with Gasteiger partial charge >= 0.3 is 6.09 Å². The third-order valence-electron chi connectivity index (χ3n) is 4.09. The van der Waals surface area contributed by atoms with Crippen LogP contribution in [0.5, 0.6) is 0 Å². The molecule has 0 radical (unpaired) electrons. The lowest BCUT2D eigenvalue weighted by Gasteiger charge is -2.35. The minimum absolute atomic E-state index is 0.161. The quantitative estimate of drug-likeness (QED) is 0.869. The van der Waals surface area contributed by atoms with E-state index in [1.54, 1.807) is 0 Å². The van der Waals surface area contributed by atoms with E-state index in [1.807, 2.05) is 25.7 Å². The van der Waals surface area contributed by atoms with Crippen molar-refractivity contribution >= 4 is 6.09 Å². The number of morpholine rings is 1. The number of nitrogens with one attached hydrogen (secondary N) is 1. The molecular formula is C16H30N2O3. The molecule has 122 valence electrons. The molecule has 1 N–H and O–H groups in total. The highest BCUT2D eigenvalue weighted by Gasteiger charge is 2.28. The zero-order chi connectivity index (χ0) is 15.3. The van der Waals surface area contributed by atoms with Crippen LogP contribution in [0, 0.1) is 5.92 Å². The van der Waals surface area contributed by atoms with Crippen LogP contribution in [0.2, 0.25) is 0 Å². The maximum Gasteiger partial charge on any atom is 0.410 e. The average Bonchev–Trinajstić information content (AvgIpc) is 2.45. The number of hydrogen-bond acceptors (Lipinski definition) is 4. The van der Waals surface area contributed by atoms with Crippen LogP contribution in [0.3, 0.4) is 0 Å². The van der Waals surface area contributed by atoms with Gasteiger partial charge in [-0.1, -0.05) is 0 Å². The van der Waals surface area contributed by atoms with E-state index in [-0.39, 0.29) is 6.09 Å². The number of rotatable bonds is 3. The van der Waals surface area contributed by atoms with Gasteiger partial charge in [0.1, 0.15) is 5.60 Å². The summed E-state index contributed by atoms with van der Waals surface area (Å²) >= 11 is 0. The molecule has 2 fully saturated rings. The first-order valence-electron chi connectivity index (χ1n) is 8.23. The third-order valence-corrected chi connectivity index (χ3v) is 4.09. The van der Waals surface area contributed by atoms with Gasteiger partial charge in [-0.2, -0.15) is 0 Å². The molecule has 2 atom stereocenters. The predicted octanol–water partition coefficient (Wildman–Crippen LogP) is 2.40. The number of amides is 1. The first kappa shape index (κ1) is 16.6. The Morgan fingerprint density at radius 2 is 2.19 bits per heavy atom. The molecule has 2 heterocycles. The molecule has 5 heteroatoms. The molecule has 5 nitrogen and oxygen atoms in total. The number of piperidine rings is 1. The van der Waals surface area contributed by atoms with Gasteiger partial charge in [0.15, 0.2) is 0 Å². The molecule has 2 rings (SSSR count). The minimum Gasteiger partial charge on any atom is -0.444 e. The van der Waals surface area contributed by atoms with Crippen LogP contribution in [0.15, 0.2) is 0 Å². The Balaban J connectivity index is 1.73. The van der Waals surface area contributed by atoms with E-state index in [0.29, 0.717) is 12.0 Å². The number of hydrogen-bond donors (Lipinski definition) is 1. The highest BCUT2D eigenvalue weighted by atomic mass is 16.6. The van der Waals surface area contributed by atoms with Crippen LogP contribution >= 0.6 is 0 Å². The lowest BCUT2D eigenvalue weighted by Crippen LogP contribution is -2.44. The highest BCUT2D eigenvalue weighted by Crippen LogP contribution is 2.23. The first-order chi connectivity index (χ1) is 9.94. The van der Waals surface area contributed by atoms with Crippen LogP contribution in [-0.4, -0.2) is 55.5 Å². The molecule has 0 aliphatic carbocycles. The van der Waals surface area contributed by atoms with E-state index in [1.165, 1.54) is 6.42 Å². The van der Waals surface area contributed by atoms with Crippen LogP contribution in [-0.2, 0) is 9.47 Å². The van der Waals surface area contributed by atoms with Crippen molar-refractivity contribution in [2.45, 2.75) is 58.1 Å². The van der Waals surface area contributed by atoms with Gasteiger partial charge in [-0.3, -0.25) is 0 Å². The summed E-state index contributed by atoms with van der Waals surface area (Å²) in [7, 11) is 0. The summed E-state index contributed by atoms with van der Waals surface area (Å²) in [6, 6.07) is 0.482. The zero-order valence-electron chi connectivity index (χ0n) is 13.7. The molecule has 2 unspecified atom stereocenters. The summed E-state index contributed by atoms with van der Waals surface area (Å²) in [6.45, 7) is 10.0. The number of carbonyl (C=O) groups is 1. The van der Waals surface area contributed by atoms with E-state index in [9.17, 15) is 4.79 Å². The summed E-state index contributed by atoms with van der Waals surface area (Å²) in [5.41, 5.74) is -0.409. The molecule has 0 bridgehead atoms. The Morgan fingerprint density at radius 3 is 2.86 bits per heavy atom. The molecular weight excluding hydrogens is 268 g/mol. The summed E-state index contributed by atoms with van der Waals surface area (Å²) in [5, 5.41) is 3.49. The van der Waals surface area contributed by atoms with Gasteiger partial charge in [-0.25, -0.2) is 4.79 Å². The van der Waals surface area contributed by atoms with Crippen LogP contribution in [0.25, 0.3) is 0 Å².